The molecule has 4 heterocycles. The Morgan fingerprint density at radius 1 is 0.654 bits per heavy atom. The summed E-state index contributed by atoms with van der Waals surface area (Å²) in [5.74, 6) is 1.16. The minimum Gasteiger partial charge on any atom is -0.495 e. The zero-order chi connectivity index (χ0) is 37.2. The second kappa shape index (κ2) is 19.1. The molecule has 2 N–H and O–H groups in total. The highest BCUT2D eigenvalue weighted by molar-refractivity contribution is 5.67. The summed E-state index contributed by atoms with van der Waals surface area (Å²) in [5.41, 5.74) is 11.8. The standard InChI is InChI=1S/C20H32N4O3.C20H34N4O/c1-4-5-16-14-19(24(25)26)20(27-3)15-18(16)23-8-6-17(7-9-23)22-12-10-21(2)11-13-22;1-4-5-16-14-18(21)20(25-3)15-19(16)24-8-6-17(7-9-24)23-12-10-22(2)11-13-23/h14-15,17H,4-13H2,1-3H3;14-15,17H,4-13,21H2,1-3H3. The lowest BCUT2D eigenvalue weighted by Crippen LogP contribution is -2.52. The third kappa shape index (κ3) is 10.0. The number of methoxy groups -OCH3 is 2. The van der Waals surface area contributed by atoms with Gasteiger partial charge in [0.15, 0.2) is 5.75 Å². The maximum Gasteiger partial charge on any atom is 0.311 e. The fourth-order valence-corrected chi connectivity index (χ4v) is 8.56. The zero-order valence-electron chi connectivity index (χ0n) is 32.9. The van der Waals surface area contributed by atoms with Gasteiger partial charge in [-0.3, -0.25) is 19.9 Å². The van der Waals surface area contributed by atoms with Crippen LogP contribution >= 0.6 is 0 Å². The van der Waals surface area contributed by atoms with Gasteiger partial charge in [0, 0.05) is 120 Å². The zero-order valence-corrected chi connectivity index (χ0v) is 32.9. The van der Waals surface area contributed by atoms with Crippen LogP contribution in [-0.4, -0.2) is 143 Å². The van der Waals surface area contributed by atoms with Gasteiger partial charge in [-0.25, -0.2) is 0 Å². The van der Waals surface area contributed by atoms with Gasteiger partial charge in [0.1, 0.15) is 5.75 Å². The first-order valence-corrected chi connectivity index (χ1v) is 19.8. The quantitative estimate of drug-likeness (QED) is 0.188. The van der Waals surface area contributed by atoms with Gasteiger partial charge in [-0.05, 0) is 69.8 Å². The van der Waals surface area contributed by atoms with Crippen LogP contribution in [0.1, 0.15) is 63.5 Å². The number of hydrogen-bond donors (Lipinski definition) is 1. The normalized spacial score (nSPS) is 20.4. The van der Waals surface area contributed by atoms with Gasteiger partial charge in [-0.1, -0.05) is 26.7 Å². The lowest BCUT2D eigenvalue weighted by molar-refractivity contribution is -0.385. The van der Waals surface area contributed by atoms with Gasteiger partial charge in [-0.2, -0.15) is 0 Å². The number of piperidine rings is 2. The monoisotopic (exact) mass is 723 g/mol. The third-order valence-corrected chi connectivity index (χ3v) is 11.8. The number of ether oxygens (including phenoxy) is 2. The first-order chi connectivity index (χ1) is 25.1. The van der Waals surface area contributed by atoms with E-state index in [2.05, 4.69) is 69.5 Å². The molecule has 2 aromatic carbocycles. The Morgan fingerprint density at radius 2 is 1.06 bits per heavy atom. The van der Waals surface area contributed by atoms with Crippen molar-refractivity contribution in [1.82, 2.24) is 19.6 Å². The number of likely N-dealkylation sites (N-methyl/N-ethyl adjacent to an activating group) is 2. The number of piperazine rings is 2. The molecule has 4 saturated heterocycles. The van der Waals surface area contributed by atoms with Crippen LogP contribution in [-0.2, 0) is 12.8 Å². The van der Waals surface area contributed by atoms with E-state index >= 15 is 0 Å². The summed E-state index contributed by atoms with van der Waals surface area (Å²) in [4.78, 5) is 26.1. The minimum atomic E-state index is -0.346. The average molecular weight is 723 g/mol. The van der Waals surface area contributed by atoms with Crippen LogP contribution in [0.25, 0.3) is 0 Å². The third-order valence-electron chi connectivity index (χ3n) is 11.8. The van der Waals surface area contributed by atoms with Crippen molar-refractivity contribution in [3.8, 4) is 11.5 Å². The molecular weight excluding hydrogens is 656 g/mol. The van der Waals surface area contributed by atoms with Gasteiger partial charge in [0.25, 0.3) is 0 Å². The number of nitrogen functional groups attached to an aromatic ring is 1. The molecule has 0 aromatic heterocycles. The molecule has 0 aliphatic carbocycles. The fourth-order valence-electron chi connectivity index (χ4n) is 8.56. The second-order valence-corrected chi connectivity index (χ2v) is 15.2. The van der Waals surface area contributed by atoms with E-state index < -0.39 is 0 Å². The van der Waals surface area contributed by atoms with Crippen LogP contribution in [0.3, 0.4) is 0 Å². The SMILES string of the molecule is CCCc1cc(N)c(OC)cc1N1CCC(N2CCN(C)CC2)CC1.CCCc1cc([N+](=O)[O-])c(OC)cc1N1CCC(N2CCN(C)CC2)CC1. The van der Waals surface area contributed by atoms with E-state index in [-0.39, 0.29) is 10.6 Å². The van der Waals surface area contributed by atoms with Crippen LogP contribution in [0, 0.1) is 10.1 Å². The molecule has 290 valence electrons. The van der Waals surface area contributed by atoms with E-state index in [1.54, 1.807) is 13.2 Å². The van der Waals surface area contributed by atoms with E-state index in [0.29, 0.717) is 11.8 Å². The molecule has 52 heavy (non-hydrogen) atoms. The van der Waals surface area contributed by atoms with Crippen LogP contribution < -0.4 is 25.0 Å². The number of aryl methyl sites for hydroxylation is 2. The number of nitro benzene ring substituents is 1. The van der Waals surface area contributed by atoms with E-state index in [0.717, 1.165) is 120 Å². The molecule has 4 aliphatic rings. The Hall–Kier alpha value is -3.32. The Bertz CT molecular complexity index is 1430. The Morgan fingerprint density at radius 3 is 1.44 bits per heavy atom. The minimum absolute atomic E-state index is 0.0667. The number of benzene rings is 2. The molecular formula is C40H66N8O4. The van der Waals surface area contributed by atoms with Crippen molar-refractivity contribution >= 4 is 22.7 Å². The molecule has 4 aliphatic heterocycles. The number of hydrogen-bond acceptors (Lipinski definition) is 11. The fraction of sp³-hybridized carbons (Fsp3) is 0.700. The van der Waals surface area contributed by atoms with Gasteiger partial charge in [0.05, 0.1) is 24.8 Å². The number of rotatable bonds is 11. The van der Waals surface area contributed by atoms with E-state index in [1.807, 2.05) is 6.07 Å². The van der Waals surface area contributed by atoms with Crippen molar-refractivity contribution in [1.29, 1.82) is 0 Å². The number of anilines is 3. The summed E-state index contributed by atoms with van der Waals surface area (Å²) < 4.78 is 10.8. The van der Waals surface area contributed by atoms with Gasteiger partial charge >= 0.3 is 5.69 Å². The van der Waals surface area contributed by atoms with Crippen molar-refractivity contribution in [2.75, 3.05) is 122 Å². The molecule has 0 atom stereocenters. The Balaban J connectivity index is 0.000000202. The highest BCUT2D eigenvalue weighted by Crippen LogP contribution is 2.38. The van der Waals surface area contributed by atoms with Crippen LogP contribution in [0.15, 0.2) is 24.3 Å². The molecule has 0 saturated carbocycles. The summed E-state index contributed by atoms with van der Waals surface area (Å²) in [6.07, 6.45) is 8.82. The lowest BCUT2D eigenvalue weighted by Gasteiger charge is -2.43. The van der Waals surface area contributed by atoms with Gasteiger partial charge in [-0.15, -0.1) is 0 Å². The molecule has 0 radical (unpaired) electrons. The highest BCUT2D eigenvalue weighted by atomic mass is 16.6. The van der Waals surface area contributed by atoms with Crippen LogP contribution in [0.2, 0.25) is 0 Å². The Kier molecular flexibility index (Phi) is 14.7. The van der Waals surface area contributed by atoms with Crippen molar-refractivity contribution < 1.29 is 14.4 Å². The van der Waals surface area contributed by atoms with E-state index in [9.17, 15) is 10.1 Å². The summed E-state index contributed by atoms with van der Waals surface area (Å²) in [5, 5.41) is 11.4. The van der Waals surface area contributed by atoms with Gasteiger partial charge in [0.2, 0.25) is 0 Å². The maximum absolute atomic E-state index is 11.4. The molecule has 6 rings (SSSR count). The predicted molar refractivity (Wildman–Crippen MR) is 214 cm³/mol. The number of nitrogens with two attached hydrogens (primary N) is 1. The summed E-state index contributed by atoms with van der Waals surface area (Å²) in [6, 6.07) is 9.25. The topological polar surface area (TPSA) is 107 Å². The molecule has 0 amide bonds. The largest absolute Gasteiger partial charge is 0.495 e. The summed E-state index contributed by atoms with van der Waals surface area (Å²) in [6.45, 7) is 18.1. The van der Waals surface area contributed by atoms with Gasteiger partial charge < -0.3 is 34.8 Å². The predicted octanol–water partition coefficient (Wildman–Crippen LogP) is 5.22. The number of nitro groups is 1. The highest BCUT2D eigenvalue weighted by Gasteiger charge is 2.30. The lowest BCUT2D eigenvalue weighted by atomic mass is 9.99. The first kappa shape index (κ1) is 39.9. The molecule has 0 bridgehead atoms. The smallest absolute Gasteiger partial charge is 0.311 e. The second-order valence-electron chi connectivity index (χ2n) is 15.2. The average Bonchev–Trinajstić information content (AvgIpc) is 3.16. The maximum atomic E-state index is 11.4. The molecule has 0 unspecified atom stereocenters. The molecule has 12 heteroatoms. The summed E-state index contributed by atoms with van der Waals surface area (Å²) >= 11 is 0. The van der Waals surface area contributed by atoms with E-state index in [1.165, 1.54) is 57.4 Å². The van der Waals surface area contributed by atoms with Crippen molar-refractivity contribution in [3.05, 3.63) is 45.5 Å². The first-order valence-electron chi connectivity index (χ1n) is 19.8. The molecule has 0 spiro atoms. The Labute approximate surface area is 312 Å². The van der Waals surface area contributed by atoms with Crippen molar-refractivity contribution in [2.45, 2.75) is 77.3 Å². The molecule has 12 nitrogen and oxygen atoms in total. The molecule has 2 aromatic rings. The van der Waals surface area contributed by atoms with Crippen LogP contribution in [0.5, 0.6) is 11.5 Å². The molecule has 4 fully saturated rings. The summed E-state index contributed by atoms with van der Waals surface area (Å²) in [7, 11) is 7.63. The number of nitrogens with zero attached hydrogens (tertiary/aromatic N) is 7. The van der Waals surface area contributed by atoms with Crippen molar-refractivity contribution in [2.24, 2.45) is 0 Å². The van der Waals surface area contributed by atoms with Crippen LogP contribution in [0.4, 0.5) is 22.7 Å². The van der Waals surface area contributed by atoms with Crippen molar-refractivity contribution in [3.63, 3.8) is 0 Å². The van der Waals surface area contributed by atoms with E-state index in [4.69, 9.17) is 15.2 Å².